The number of ether oxygens (including phenoxy) is 2. The van der Waals surface area contributed by atoms with Crippen molar-refractivity contribution in [3.8, 4) is 11.8 Å². The predicted octanol–water partition coefficient (Wildman–Crippen LogP) is 3.58. The molecule has 7 rings (SSSR count). The minimum Gasteiger partial charge on any atom is -0.472 e. The second-order valence-electron chi connectivity index (χ2n) is 14.9. The van der Waals surface area contributed by atoms with E-state index in [9.17, 15) is 28.8 Å². The van der Waals surface area contributed by atoms with Crippen LogP contribution < -0.4 is 15.4 Å². The summed E-state index contributed by atoms with van der Waals surface area (Å²) in [4.78, 5) is 62.5. The van der Waals surface area contributed by atoms with Gasteiger partial charge >= 0.3 is 6.09 Å². The molecule has 4 amide bonds. The minimum absolute atomic E-state index is 0.00652. The van der Waals surface area contributed by atoms with Crippen molar-refractivity contribution in [2.24, 2.45) is 29.1 Å². The van der Waals surface area contributed by atoms with Crippen molar-refractivity contribution in [1.29, 1.82) is 5.26 Å². The van der Waals surface area contributed by atoms with Crippen LogP contribution in [-0.2, 0) is 25.7 Å². The predicted molar refractivity (Wildman–Crippen MR) is 169 cm³/mol. The topological polar surface area (TPSA) is 154 Å². The lowest BCUT2D eigenvalue weighted by atomic mass is 9.77. The Morgan fingerprint density at radius 2 is 1.94 bits per heavy atom. The average Bonchev–Trinajstić information content (AvgIpc) is 3.82. The first-order valence-corrected chi connectivity index (χ1v) is 16.6. The van der Waals surface area contributed by atoms with Gasteiger partial charge in [-0.05, 0) is 71.8 Å². The van der Waals surface area contributed by atoms with Gasteiger partial charge in [-0.15, -0.1) is 0 Å². The molecule has 2 saturated carbocycles. The number of nitrogens with one attached hydrogen (secondary N) is 2. The van der Waals surface area contributed by atoms with Gasteiger partial charge in [-0.2, -0.15) is 5.26 Å². The Kier molecular flexibility index (Phi) is 7.99. The SMILES string of the molecule is CC(C)(C)[C@H](NC(=O)OCc1ccc(F)cc1)C(=O)N1C[C@@H]2[C@H]3C[C@@H]([C@@H]2[C@H]1C(=O)N1C[C@@]2(CC1C#N)Oc1cccnc1NC2=O)[C@H](F)C3. The van der Waals surface area contributed by atoms with Gasteiger partial charge in [0.15, 0.2) is 11.6 Å². The Bertz CT molecular complexity index is 1730. The lowest BCUT2D eigenvalue weighted by Crippen LogP contribution is -2.60. The highest BCUT2D eigenvalue weighted by Crippen LogP contribution is 2.59. The number of nitriles is 1. The number of rotatable bonds is 5. The number of hydrogen-bond donors (Lipinski definition) is 2. The summed E-state index contributed by atoms with van der Waals surface area (Å²) in [6.07, 6.45) is 0.380. The first-order valence-electron chi connectivity index (χ1n) is 16.6. The van der Waals surface area contributed by atoms with Gasteiger partial charge in [0.1, 0.15) is 36.7 Å². The van der Waals surface area contributed by atoms with Crippen molar-refractivity contribution >= 4 is 29.6 Å². The number of aromatic nitrogens is 1. The van der Waals surface area contributed by atoms with Crippen LogP contribution in [0.2, 0.25) is 0 Å². The molecule has 2 N–H and O–H groups in total. The summed E-state index contributed by atoms with van der Waals surface area (Å²) < 4.78 is 40.2. The van der Waals surface area contributed by atoms with E-state index in [-0.39, 0.29) is 43.8 Å². The Morgan fingerprint density at radius 3 is 2.65 bits per heavy atom. The van der Waals surface area contributed by atoms with E-state index in [1.807, 2.05) is 0 Å². The van der Waals surface area contributed by atoms with Crippen molar-refractivity contribution in [3.63, 3.8) is 0 Å². The molecule has 1 aromatic heterocycles. The molecule has 5 aliphatic rings. The Hall–Kier alpha value is -4.80. The smallest absolute Gasteiger partial charge is 0.408 e. The molecule has 9 atom stereocenters. The number of hydrogen-bond acceptors (Lipinski definition) is 8. The third kappa shape index (κ3) is 5.62. The van der Waals surface area contributed by atoms with E-state index in [4.69, 9.17) is 9.47 Å². The number of benzene rings is 1. The number of amides is 4. The Labute approximate surface area is 282 Å². The Balaban J connectivity index is 1.16. The van der Waals surface area contributed by atoms with Crippen LogP contribution in [-0.4, -0.2) is 81.6 Å². The number of anilines is 1. The number of likely N-dealkylation sites (tertiary alicyclic amines) is 2. The monoisotopic (exact) mass is 676 g/mol. The van der Waals surface area contributed by atoms with Gasteiger partial charge < -0.3 is 29.9 Å². The molecule has 3 aliphatic heterocycles. The molecule has 2 aromatic rings. The van der Waals surface area contributed by atoms with Crippen LogP contribution in [0, 0.1) is 46.2 Å². The highest BCUT2D eigenvalue weighted by atomic mass is 19.1. The molecule has 0 radical (unpaired) electrons. The number of carbonyl (C=O) groups excluding carboxylic acids is 4. The van der Waals surface area contributed by atoms with Gasteiger partial charge in [-0.1, -0.05) is 32.9 Å². The highest BCUT2D eigenvalue weighted by molar-refractivity contribution is 6.01. The molecular formula is C35H38F2N6O6. The Morgan fingerprint density at radius 1 is 1.18 bits per heavy atom. The quantitative estimate of drug-likeness (QED) is 0.488. The van der Waals surface area contributed by atoms with Crippen molar-refractivity contribution in [3.05, 3.63) is 54.0 Å². The maximum atomic E-state index is 15.3. The molecule has 1 spiro atoms. The van der Waals surface area contributed by atoms with Crippen molar-refractivity contribution in [2.75, 3.05) is 18.4 Å². The zero-order chi connectivity index (χ0) is 34.8. The molecule has 1 aromatic carbocycles. The molecule has 14 heteroatoms. The van der Waals surface area contributed by atoms with Gasteiger partial charge in [0.2, 0.25) is 17.4 Å². The summed E-state index contributed by atoms with van der Waals surface area (Å²) in [6, 6.07) is 7.59. The lowest BCUT2D eigenvalue weighted by Gasteiger charge is -2.38. The van der Waals surface area contributed by atoms with E-state index in [0.717, 1.165) is 0 Å². The van der Waals surface area contributed by atoms with Crippen LogP contribution >= 0.6 is 0 Å². The standard InChI is InChI=1S/C35H38F2N6O6/c1-34(2,3)28(40-33(47)48-16-18-6-8-20(36)9-7-18)31(45)42-15-23-19-11-22(24(37)12-19)26(23)27(42)30(44)43-17-35(13-21(43)14-38)32(46)41-29-25(49-35)5-4-10-39-29/h4-10,19,21-24,26-28H,11-13,15-17H2,1-3H3,(H,40,47)(H,39,41,46)/t19-,21?,22+,23+,24+,26-,27-,28+,35+/m0/s1. The van der Waals surface area contributed by atoms with Crippen molar-refractivity contribution < 1.29 is 37.4 Å². The summed E-state index contributed by atoms with van der Waals surface area (Å²) >= 11 is 0. The minimum atomic E-state index is -1.56. The fraction of sp³-hybridized carbons (Fsp3) is 0.543. The molecular weight excluding hydrogens is 638 g/mol. The summed E-state index contributed by atoms with van der Waals surface area (Å²) in [5.74, 6) is -2.56. The molecule has 12 nitrogen and oxygen atoms in total. The largest absolute Gasteiger partial charge is 0.472 e. The van der Waals surface area contributed by atoms with E-state index in [1.54, 1.807) is 32.9 Å². The number of halogens is 2. The number of pyridine rings is 1. The second kappa shape index (κ2) is 12.0. The third-order valence-corrected chi connectivity index (χ3v) is 10.9. The van der Waals surface area contributed by atoms with E-state index in [0.29, 0.717) is 24.2 Å². The van der Waals surface area contributed by atoms with Crippen LogP contribution in [0.1, 0.15) is 45.6 Å². The molecule has 4 fully saturated rings. The first kappa shape index (κ1) is 32.7. The molecule has 2 aliphatic carbocycles. The zero-order valence-corrected chi connectivity index (χ0v) is 27.4. The van der Waals surface area contributed by atoms with Crippen LogP contribution in [0.3, 0.4) is 0 Å². The number of carbonyl (C=O) groups is 4. The molecule has 258 valence electrons. The van der Waals surface area contributed by atoms with E-state index in [2.05, 4.69) is 21.7 Å². The maximum Gasteiger partial charge on any atom is 0.408 e. The van der Waals surface area contributed by atoms with E-state index in [1.165, 1.54) is 40.3 Å². The average molecular weight is 677 g/mol. The van der Waals surface area contributed by atoms with Gasteiger partial charge in [0.25, 0.3) is 5.91 Å². The second-order valence-corrected chi connectivity index (χ2v) is 14.9. The van der Waals surface area contributed by atoms with Gasteiger partial charge in [-0.25, -0.2) is 18.6 Å². The van der Waals surface area contributed by atoms with Crippen molar-refractivity contribution in [2.45, 2.75) is 76.5 Å². The lowest BCUT2D eigenvalue weighted by molar-refractivity contribution is -0.149. The number of nitrogens with zero attached hydrogens (tertiary/aromatic N) is 4. The fourth-order valence-corrected chi connectivity index (χ4v) is 8.63. The number of fused-ring (bicyclic) bond motifs is 6. The summed E-state index contributed by atoms with van der Waals surface area (Å²) in [5.41, 5.74) is -1.84. The van der Waals surface area contributed by atoms with E-state index >= 15 is 4.39 Å². The van der Waals surface area contributed by atoms with Crippen LogP contribution in [0.25, 0.3) is 0 Å². The van der Waals surface area contributed by atoms with Crippen molar-refractivity contribution in [1.82, 2.24) is 20.1 Å². The van der Waals surface area contributed by atoms with Gasteiger partial charge in [0, 0.05) is 19.2 Å². The molecule has 1 unspecified atom stereocenters. The molecule has 4 heterocycles. The summed E-state index contributed by atoms with van der Waals surface area (Å²) in [5, 5.41) is 15.6. The van der Waals surface area contributed by atoms with Gasteiger partial charge in [0.05, 0.1) is 12.6 Å². The third-order valence-electron chi connectivity index (χ3n) is 10.9. The summed E-state index contributed by atoms with van der Waals surface area (Å²) in [6.45, 7) is 5.10. The number of alkyl carbamates (subject to hydrolysis) is 1. The normalized spacial score (nSPS) is 31.8. The molecule has 2 saturated heterocycles. The highest BCUT2D eigenvalue weighted by Gasteiger charge is 2.65. The van der Waals surface area contributed by atoms with E-state index < -0.39 is 76.8 Å². The summed E-state index contributed by atoms with van der Waals surface area (Å²) in [7, 11) is 0. The number of alkyl halides is 1. The molecule has 49 heavy (non-hydrogen) atoms. The first-order chi connectivity index (χ1) is 23.3. The van der Waals surface area contributed by atoms with Crippen LogP contribution in [0.15, 0.2) is 42.6 Å². The molecule has 2 bridgehead atoms. The maximum absolute atomic E-state index is 15.3. The van der Waals surface area contributed by atoms with Crippen LogP contribution in [0.5, 0.6) is 5.75 Å². The van der Waals surface area contributed by atoms with Crippen LogP contribution in [0.4, 0.5) is 19.4 Å². The fourth-order valence-electron chi connectivity index (χ4n) is 8.63. The zero-order valence-electron chi connectivity index (χ0n) is 27.4. The van der Waals surface area contributed by atoms with Gasteiger partial charge in [-0.3, -0.25) is 14.4 Å².